The van der Waals surface area contributed by atoms with Gasteiger partial charge in [-0.15, -0.1) is 0 Å². The van der Waals surface area contributed by atoms with E-state index in [0.29, 0.717) is 12.1 Å². The Balaban J connectivity index is 2.31. The van der Waals surface area contributed by atoms with Gasteiger partial charge in [0.05, 0.1) is 0 Å². The lowest BCUT2D eigenvalue weighted by Crippen LogP contribution is -2.43. The maximum Gasteiger partial charge on any atom is 0.0198 e. The molecule has 3 nitrogen and oxygen atoms in total. The van der Waals surface area contributed by atoms with Crippen molar-refractivity contribution in [2.45, 2.75) is 39.3 Å². The van der Waals surface area contributed by atoms with Crippen molar-refractivity contribution in [2.24, 2.45) is 11.7 Å². The van der Waals surface area contributed by atoms with Gasteiger partial charge in [0.1, 0.15) is 0 Å². The van der Waals surface area contributed by atoms with E-state index in [9.17, 15) is 0 Å². The molecule has 0 bridgehead atoms. The predicted octanol–water partition coefficient (Wildman–Crippen LogP) is 0.654. The van der Waals surface area contributed by atoms with E-state index in [-0.39, 0.29) is 0 Å². The van der Waals surface area contributed by atoms with Crippen LogP contribution in [0.25, 0.3) is 0 Å². The van der Waals surface area contributed by atoms with Gasteiger partial charge < -0.3 is 11.1 Å². The second-order valence-corrected chi connectivity index (χ2v) is 4.82. The van der Waals surface area contributed by atoms with Crippen LogP contribution in [0.15, 0.2) is 0 Å². The number of hydrogen-bond donors (Lipinski definition) is 2. The predicted molar refractivity (Wildman–Crippen MR) is 61.3 cm³/mol. The lowest BCUT2D eigenvalue weighted by atomic mass is 10.1. The van der Waals surface area contributed by atoms with Crippen LogP contribution in [0.3, 0.4) is 0 Å². The first-order valence-corrected chi connectivity index (χ1v) is 5.81. The second kappa shape index (κ2) is 5.69. The summed E-state index contributed by atoms with van der Waals surface area (Å²) in [4.78, 5) is 2.47. The van der Waals surface area contributed by atoms with E-state index in [1.165, 1.54) is 13.0 Å². The van der Waals surface area contributed by atoms with Crippen molar-refractivity contribution < 1.29 is 0 Å². The van der Waals surface area contributed by atoms with Gasteiger partial charge >= 0.3 is 0 Å². The number of rotatable bonds is 5. The summed E-state index contributed by atoms with van der Waals surface area (Å²) < 4.78 is 0. The molecule has 84 valence electrons. The molecule has 0 saturated carbocycles. The quantitative estimate of drug-likeness (QED) is 0.683. The van der Waals surface area contributed by atoms with Gasteiger partial charge in [-0.1, -0.05) is 6.92 Å². The van der Waals surface area contributed by atoms with Gasteiger partial charge in [-0.25, -0.2) is 0 Å². The maximum atomic E-state index is 5.61. The van der Waals surface area contributed by atoms with Crippen LogP contribution in [-0.4, -0.2) is 43.2 Å². The zero-order chi connectivity index (χ0) is 10.6. The summed E-state index contributed by atoms with van der Waals surface area (Å²) in [5.41, 5.74) is 5.61. The minimum atomic E-state index is 0.608. The van der Waals surface area contributed by atoms with E-state index in [1.807, 2.05) is 0 Å². The number of nitrogens with two attached hydrogens (primary N) is 1. The summed E-state index contributed by atoms with van der Waals surface area (Å²) in [6.45, 7) is 10.9. The van der Waals surface area contributed by atoms with Crippen LogP contribution in [0.5, 0.6) is 0 Å². The maximum absolute atomic E-state index is 5.61. The van der Waals surface area contributed by atoms with Crippen molar-refractivity contribution >= 4 is 0 Å². The molecule has 1 fully saturated rings. The highest BCUT2D eigenvalue weighted by Crippen LogP contribution is 2.14. The molecule has 0 radical (unpaired) electrons. The van der Waals surface area contributed by atoms with Crippen molar-refractivity contribution in [1.82, 2.24) is 10.2 Å². The molecule has 14 heavy (non-hydrogen) atoms. The first-order valence-electron chi connectivity index (χ1n) is 5.81. The van der Waals surface area contributed by atoms with Gasteiger partial charge in [0.15, 0.2) is 0 Å². The fourth-order valence-corrected chi connectivity index (χ4v) is 2.17. The summed E-state index contributed by atoms with van der Waals surface area (Å²) in [5, 5.41) is 3.57. The SMILES string of the molecule is CC1CNC(CN(CCN)C(C)C)C1. The number of hydrogen-bond acceptors (Lipinski definition) is 3. The van der Waals surface area contributed by atoms with Gasteiger partial charge in [0.25, 0.3) is 0 Å². The van der Waals surface area contributed by atoms with E-state index < -0.39 is 0 Å². The standard InChI is InChI=1S/C11H25N3/c1-9(2)14(5-4-12)8-11-6-10(3)7-13-11/h9-11,13H,4-8,12H2,1-3H3. The Bertz CT molecular complexity index is 159. The molecule has 0 amide bonds. The van der Waals surface area contributed by atoms with E-state index in [4.69, 9.17) is 5.73 Å². The van der Waals surface area contributed by atoms with Crippen LogP contribution in [-0.2, 0) is 0 Å². The lowest BCUT2D eigenvalue weighted by Gasteiger charge is -2.28. The van der Waals surface area contributed by atoms with E-state index in [1.54, 1.807) is 0 Å². The molecule has 1 rings (SSSR count). The van der Waals surface area contributed by atoms with Crippen LogP contribution in [0.2, 0.25) is 0 Å². The molecule has 3 heteroatoms. The first-order chi connectivity index (χ1) is 6.63. The average molecular weight is 199 g/mol. The molecular formula is C11H25N3. The van der Waals surface area contributed by atoms with Gasteiger partial charge in [-0.3, -0.25) is 4.90 Å². The average Bonchev–Trinajstić information content (AvgIpc) is 2.50. The fourth-order valence-electron chi connectivity index (χ4n) is 2.17. The third-order valence-electron chi connectivity index (χ3n) is 3.04. The Labute approximate surface area is 88.0 Å². The summed E-state index contributed by atoms with van der Waals surface area (Å²) in [5.74, 6) is 0.840. The molecule has 0 aromatic rings. The van der Waals surface area contributed by atoms with Crippen LogP contribution in [0.4, 0.5) is 0 Å². The minimum Gasteiger partial charge on any atom is -0.329 e. The Morgan fingerprint density at radius 1 is 1.50 bits per heavy atom. The monoisotopic (exact) mass is 199 g/mol. The van der Waals surface area contributed by atoms with Crippen LogP contribution >= 0.6 is 0 Å². The highest BCUT2D eigenvalue weighted by molar-refractivity contribution is 4.82. The molecular weight excluding hydrogens is 174 g/mol. The normalized spacial score (nSPS) is 27.9. The molecule has 1 heterocycles. The van der Waals surface area contributed by atoms with Crippen molar-refractivity contribution in [3.8, 4) is 0 Å². The molecule has 1 aliphatic rings. The van der Waals surface area contributed by atoms with Crippen LogP contribution in [0, 0.1) is 5.92 Å². The minimum absolute atomic E-state index is 0.608. The smallest absolute Gasteiger partial charge is 0.0198 e. The van der Waals surface area contributed by atoms with Crippen molar-refractivity contribution in [2.75, 3.05) is 26.2 Å². The van der Waals surface area contributed by atoms with Gasteiger partial charge in [0, 0.05) is 31.7 Å². The third-order valence-corrected chi connectivity index (χ3v) is 3.04. The summed E-state index contributed by atoms with van der Waals surface area (Å²) >= 11 is 0. The fraction of sp³-hybridized carbons (Fsp3) is 1.00. The highest BCUT2D eigenvalue weighted by atomic mass is 15.2. The van der Waals surface area contributed by atoms with E-state index in [0.717, 1.165) is 25.6 Å². The summed E-state index contributed by atoms with van der Waals surface area (Å²) in [6.07, 6.45) is 1.31. The molecule has 0 spiro atoms. The van der Waals surface area contributed by atoms with Crippen molar-refractivity contribution in [3.05, 3.63) is 0 Å². The van der Waals surface area contributed by atoms with E-state index in [2.05, 4.69) is 31.0 Å². The molecule has 3 N–H and O–H groups in total. The largest absolute Gasteiger partial charge is 0.329 e. The Hall–Kier alpha value is -0.120. The summed E-state index contributed by atoms with van der Waals surface area (Å²) in [6, 6.07) is 1.29. The van der Waals surface area contributed by atoms with E-state index >= 15 is 0 Å². The highest BCUT2D eigenvalue weighted by Gasteiger charge is 2.23. The van der Waals surface area contributed by atoms with Crippen molar-refractivity contribution in [3.63, 3.8) is 0 Å². The van der Waals surface area contributed by atoms with Crippen LogP contribution < -0.4 is 11.1 Å². The first kappa shape index (κ1) is 12.0. The van der Waals surface area contributed by atoms with Crippen molar-refractivity contribution in [1.29, 1.82) is 0 Å². The molecule has 2 unspecified atom stereocenters. The number of nitrogens with zero attached hydrogens (tertiary/aromatic N) is 1. The molecule has 1 aliphatic heterocycles. The molecule has 2 atom stereocenters. The molecule has 1 saturated heterocycles. The Morgan fingerprint density at radius 2 is 2.21 bits per heavy atom. The topological polar surface area (TPSA) is 41.3 Å². The number of nitrogens with one attached hydrogen (secondary N) is 1. The second-order valence-electron chi connectivity index (χ2n) is 4.82. The summed E-state index contributed by atoms with van der Waals surface area (Å²) in [7, 11) is 0. The van der Waals surface area contributed by atoms with Crippen LogP contribution in [0.1, 0.15) is 27.2 Å². The lowest BCUT2D eigenvalue weighted by molar-refractivity contribution is 0.207. The molecule has 0 aromatic heterocycles. The zero-order valence-electron chi connectivity index (χ0n) is 9.79. The molecule has 0 aliphatic carbocycles. The van der Waals surface area contributed by atoms with Gasteiger partial charge in [-0.05, 0) is 32.7 Å². The molecule has 0 aromatic carbocycles. The van der Waals surface area contributed by atoms with Gasteiger partial charge in [-0.2, -0.15) is 0 Å². The third kappa shape index (κ3) is 3.56. The Morgan fingerprint density at radius 3 is 2.64 bits per heavy atom. The Kier molecular flexibility index (Phi) is 4.85. The van der Waals surface area contributed by atoms with Gasteiger partial charge in [0.2, 0.25) is 0 Å². The zero-order valence-corrected chi connectivity index (χ0v) is 9.79.